The normalized spacial score (nSPS) is 13.7. The summed E-state index contributed by atoms with van der Waals surface area (Å²) >= 11 is 0. The molecule has 0 bridgehead atoms. The third kappa shape index (κ3) is 5.25. The van der Waals surface area contributed by atoms with E-state index in [0.717, 1.165) is 5.56 Å². The van der Waals surface area contributed by atoms with Gasteiger partial charge >= 0.3 is 5.97 Å². The predicted octanol–water partition coefficient (Wildman–Crippen LogP) is 3.13. The lowest BCUT2D eigenvalue weighted by molar-refractivity contribution is 0.0378. The van der Waals surface area contributed by atoms with Gasteiger partial charge in [0.1, 0.15) is 11.0 Å². The first-order valence-electron chi connectivity index (χ1n) is 6.47. The topological polar surface area (TPSA) is 55.7 Å². The van der Waals surface area contributed by atoms with E-state index < -0.39 is 11.0 Å². The number of benzene rings is 1. The van der Waals surface area contributed by atoms with Gasteiger partial charge in [0.2, 0.25) is 0 Å². The first-order valence-corrected chi connectivity index (χ1v) is 7.58. The Morgan fingerprint density at radius 2 is 1.80 bits per heavy atom. The molecule has 0 saturated heterocycles. The molecule has 0 radical (unpaired) electrons. The molecule has 0 amide bonds. The summed E-state index contributed by atoms with van der Waals surface area (Å²) in [6, 6.07) is 6.85. The van der Waals surface area contributed by atoms with Crippen molar-refractivity contribution in [3.63, 3.8) is 0 Å². The van der Waals surface area contributed by atoms with Gasteiger partial charge in [-0.1, -0.05) is 12.1 Å². The highest BCUT2D eigenvalue weighted by molar-refractivity contribution is 7.85. The van der Waals surface area contributed by atoms with Gasteiger partial charge in [-0.25, -0.2) is 9.00 Å². The quantitative estimate of drug-likeness (QED) is 0.633. The number of carbonyl (C=O) groups excluding carboxylic acids is 1. The van der Waals surface area contributed by atoms with Crippen molar-refractivity contribution in [1.82, 2.24) is 0 Å². The van der Waals surface area contributed by atoms with Gasteiger partial charge in [-0.2, -0.15) is 4.40 Å². The summed E-state index contributed by atoms with van der Waals surface area (Å²) in [7, 11) is -1.28. The number of nitrogens with zero attached hydrogens (tertiary/aromatic N) is 1. The van der Waals surface area contributed by atoms with Crippen molar-refractivity contribution in [3.05, 3.63) is 35.4 Å². The van der Waals surface area contributed by atoms with Gasteiger partial charge in [0, 0.05) is 6.21 Å². The molecule has 110 valence electrons. The van der Waals surface area contributed by atoms with Crippen LogP contribution in [0.4, 0.5) is 0 Å². The van der Waals surface area contributed by atoms with Gasteiger partial charge in [-0.15, -0.1) is 0 Å². The fraction of sp³-hybridized carbons (Fsp3) is 0.467. The highest BCUT2D eigenvalue weighted by atomic mass is 32.2. The Morgan fingerprint density at radius 1 is 1.25 bits per heavy atom. The first kappa shape index (κ1) is 16.6. The Balaban J connectivity index is 2.75. The molecule has 0 aliphatic rings. The van der Waals surface area contributed by atoms with Crippen molar-refractivity contribution >= 4 is 23.2 Å². The number of hydrogen-bond donors (Lipinski definition) is 0. The van der Waals surface area contributed by atoms with Crippen LogP contribution in [0.2, 0.25) is 0 Å². The van der Waals surface area contributed by atoms with E-state index >= 15 is 0 Å². The Morgan fingerprint density at radius 3 is 2.25 bits per heavy atom. The fourth-order valence-corrected chi connectivity index (χ4v) is 1.79. The van der Waals surface area contributed by atoms with Gasteiger partial charge in [-0.3, -0.25) is 0 Å². The van der Waals surface area contributed by atoms with Crippen molar-refractivity contribution in [2.24, 2.45) is 4.40 Å². The Labute approximate surface area is 122 Å². The summed E-state index contributed by atoms with van der Waals surface area (Å²) in [6.07, 6.45) is 1.41. The first-order chi connectivity index (χ1) is 9.20. The largest absolute Gasteiger partial charge is 0.459 e. The molecule has 0 saturated carbocycles. The van der Waals surface area contributed by atoms with E-state index in [0.29, 0.717) is 5.56 Å². The minimum Gasteiger partial charge on any atom is -0.459 e. The van der Waals surface area contributed by atoms with E-state index in [4.69, 9.17) is 4.74 Å². The molecule has 0 spiro atoms. The predicted molar refractivity (Wildman–Crippen MR) is 82.5 cm³/mol. The number of esters is 1. The summed E-state index contributed by atoms with van der Waals surface area (Å²) < 4.78 is 20.5. The minimum absolute atomic E-state index is 0.141. The summed E-state index contributed by atoms with van der Waals surface area (Å²) in [4.78, 5) is 11.7. The molecule has 0 fully saturated rings. The molecule has 5 heteroatoms. The molecule has 4 nitrogen and oxygen atoms in total. The Bertz CT molecular complexity index is 513. The molecule has 0 aromatic heterocycles. The number of rotatable bonds is 4. The molecule has 0 N–H and O–H groups in total. The van der Waals surface area contributed by atoms with Gasteiger partial charge in [0.25, 0.3) is 0 Å². The zero-order valence-corrected chi connectivity index (χ0v) is 13.4. The second-order valence-electron chi connectivity index (χ2n) is 5.67. The standard InChI is InChI=1S/C15H21NO3S/c1-11(2)19-14(17)13-8-6-12(7-9-13)10-16-20(18)15(3,4)5/h6-11H,1-5H3/b16-10+. The molecule has 1 aromatic carbocycles. The van der Waals surface area contributed by atoms with E-state index in [1.165, 1.54) is 0 Å². The number of carbonyl (C=O) groups is 1. The van der Waals surface area contributed by atoms with E-state index in [2.05, 4.69) is 4.40 Å². The van der Waals surface area contributed by atoms with E-state index in [-0.39, 0.29) is 16.8 Å². The van der Waals surface area contributed by atoms with Crippen LogP contribution in [0.3, 0.4) is 0 Å². The van der Waals surface area contributed by atoms with Crippen LogP contribution in [0.1, 0.15) is 50.5 Å². The molecule has 0 aliphatic heterocycles. The summed E-state index contributed by atoms with van der Waals surface area (Å²) in [5, 5.41) is 0. The third-order valence-electron chi connectivity index (χ3n) is 2.31. The van der Waals surface area contributed by atoms with Crippen LogP contribution in [0, 0.1) is 0 Å². The fourth-order valence-electron chi connectivity index (χ4n) is 1.25. The molecule has 0 heterocycles. The second-order valence-corrected chi connectivity index (χ2v) is 7.61. The van der Waals surface area contributed by atoms with Gasteiger partial charge in [0.05, 0.1) is 16.4 Å². The SMILES string of the molecule is CC(C)OC(=O)c1ccc(/C=N/S(=O)C(C)(C)C)cc1. The third-order valence-corrected chi connectivity index (χ3v) is 3.66. The lowest BCUT2D eigenvalue weighted by Gasteiger charge is -2.12. The summed E-state index contributed by atoms with van der Waals surface area (Å²) in [5.74, 6) is -0.346. The molecule has 1 atom stereocenters. The van der Waals surface area contributed by atoms with Gasteiger partial charge < -0.3 is 4.74 Å². The van der Waals surface area contributed by atoms with Crippen LogP contribution < -0.4 is 0 Å². The highest BCUT2D eigenvalue weighted by Crippen LogP contribution is 2.12. The zero-order chi connectivity index (χ0) is 15.3. The molecule has 20 heavy (non-hydrogen) atoms. The molecule has 1 unspecified atom stereocenters. The molecule has 1 aromatic rings. The Kier molecular flexibility index (Phi) is 5.62. The van der Waals surface area contributed by atoms with Crippen molar-refractivity contribution < 1.29 is 13.7 Å². The highest BCUT2D eigenvalue weighted by Gasteiger charge is 2.18. The average Bonchev–Trinajstić information content (AvgIpc) is 2.34. The maximum Gasteiger partial charge on any atom is 0.338 e. The Hall–Kier alpha value is -1.49. The van der Waals surface area contributed by atoms with Gasteiger partial charge in [0.15, 0.2) is 0 Å². The summed E-state index contributed by atoms with van der Waals surface area (Å²) in [5.41, 5.74) is 1.29. The van der Waals surface area contributed by atoms with E-state index in [1.807, 2.05) is 20.8 Å². The van der Waals surface area contributed by atoms with Crippen LogP contribution in [0.5, 0.6) is 0 Å². The number of hydrogen-bond acceptors (Lipinski definition) is 3. The van der Waals surface area contributed by atoms with Crippen molar-refractivity contribution in [3.8, 4) is 0 Å². The molecular formula is C15H21NO3S. The van der Waals surface area contributed by atoms with Crippen molar-refractivity contribution in [2.45, 2.75) is 45.5 Å². The van der Waals surface area contributed by atoms with Gasteiger partial charge in [-0.05, 0) is 52.3 Å². The molecule has 0 aliphatic carbocycles. The van der Waals surface area contributed by atoms with Crippen LogP contribution >= 0.6 is 0 Å². The smallest absolute Gasteiger partial charge is 0.338 e. The molecular weight excluding hydrogens is 274 g/mol. The average molecular weight is 295 g/mol. The monoisotopic (exact) mass is 295 g/mol. The zero-order valence-electron chi connectivity index (χ0n) is 12.5. The van der Waals surface area contributed by atoms with Crippen LogP contribution in [-0.4, -0.2) is 27.2 Å². The second kappa shape index (κ2) is 6.79. The van der Waals surface area contributed by atoms with E-state index in [9.17, 15) is 9.00 Å². The van der Waals surface area contributed by atoms with Crippen LogP contribution in [0.25, 0.3) is 0 Å². The van der Waals surface area contributed by atoms with Crippen LogP contribution in [0.15, 0.2) is 28.7 Å². The lowest BCUT2D eigenvalue weighted by atomic mass is 10.1. The van der Waals surface area contributed by atoms with Crippen molar-refractivity contribution in [2.75, 3.05) is 0 Å². The minimum atomic E-state index is -1.28. The van der Waals surface area contributed by atoms with Crippen LogP contribution in [-0.2, 0) is 15.7 Å². The maximum absolute atomic E-state index is 11.8. The summed E-state index contributed by atoms with van der Waals surface area (Å²) in [6.45, 7) is 9.21. The van der Waals surface area contributed by atoms with E-state index in [1.54, 1.807) is 44.3 Å². The van der Waals surface area contributed by atoms with Crippen molar-refractivity contribution in [1.29, 1.82) is 0 Å². The number of ether oxygens (including phenoxy) is 1. The maximum atomic E-state index is 11.8. The lowest BCUT2D eigenvalue weighted by Crippen LogP contribution is -2.19. The molecule has 1 rings (SSSR count).